The van der Waals surface area contributed by atoms with Crippen LogP contribution in [0, 0.1) is 11.3 Å². The summed E-state index contributed by atoms with van der Waals surface area (Å²) < 4.78 is 5.60. The van der Waals surface area contributed by atoms with E-state index < -0.39 is 0 Å². The molecule has 24 heavy (non-hydrogen) atoms. The first-order chi connectivity index (χ1) is 11.5. The number of aromatic amines is 1. The number of carbonyl (C=O) groups is 1. The number of fused-ring (bicyclic) bond motifs is 2. The van der Waals surface area contributed by atoms with E-state index in [-0.39, 0.29) is 29.3 Å². The molecule has 5 heteroatoms. The van der Waals surface area contributed by atoms with E-state index in [0.29, 0.717) is 23.6 Å². The molecule has 2 fully saturated rings. The molecule has 2 aromatic rings. The fourth-order valence-corrected chi connectivity index (χ4v) is 4.17. The summed E-state index contributed by atoms with van der Waals surface area (Å²) in [5, 5.41) is 1.52. The molecule has 4 rings (SSSR count). The van der Waals surface area contributed by atoms with Crippen molar-refractivity contribution in [2.45, 2.75) is 26.3 Å². The molecule has 2 aliphatic rings. The summed E-state index contributed by atoms with van der Waals surface area (Å²) in [4.78, 5) is 29.8. The number of H-pyrrole nitrogens is 1. The number of nitrogens with zero attached hydrogens (tertiary/aromatic N) is 1. The Morgan fingerprint density at radius 2 is 2.12 bits per heavy atom. The fourth-order valence-electron chi connectivity index (χ4n) is 4.17. The average Bonchev–Trinajstić information content (AvgIpc) is 3.11. The number of aromatic nitrogens is 1. The van der Waals surface area contributed by atoms with Gasteiger partial charge < -0.3 is 14.6 Å². The van der Waals surface area contributed by atoms with Gasteiger partial charge in [0.2, 0.25) is 5.91 Å². The Kier molecular flexibility index (Phi) is 3.49. The van der Waals surface area contributed by atoms with Crippen LogP contribution in [0.3, 0.4) is 0 Å². The second-order valence-corrected chi connectivity index (χ2v) is 7.61. The molecular weight excluding hydrogens is 304 g/mol. The SMILES string of the molecule is CC1(C)CN(C(=O)Cc2cc3ccccc3c(=O)[nH]2)[C@@H]2COC[C@@H]21. The van der Waals surface area contributed by atoms with Crippen LogP contribution in [0.25, 0.3) is 10.8 Å². The predicted molar refractivity (Wildman–Crippen MR) is 91.9 cm³/mol. The third-order valence-corrected chi connectivity index (χ3v) is 5.50. The topological polar surface area (TPSA) is 62.4 Å². The van der Waals surface area contributed by atoms with Crippen LogP contribution < -0.4 is 5.56 Å². The first kappa shape index (κ1) is 15.4. The number of pyridine rings is 1. The van der Waals surface area contributed by atoms with Gasteiger partial charge in [0.1, 0.15) is 0 Å². The van der Waals surface area contributed by atoms with Crippen LogP contribution in [0.15, 0.2) is 35.1 Å². The molecule has 1 amide bonds. The van der Waals surface area contributed by atoms with E-state index in [9.17, 15) is 9.59 Å². The van der Waals surface area contributed by atoms with Crippen LogP contribution >= 0.6 is 0 Å². The molecule has 2 atom stereocenters. The standard InChI is InChI=1S/C19H22N2O3/c1-19(2)11-21(16-10-24-9-15(16)19)17(22)8-13-7-12-5-3-4-6-14(12)18(23)20-13/h3-7,15-16H,8-11H2,1-2H3,(H,20,23)/t15-,16+/m0/s1. The fraction of sp³-hybridized carbons (Fsp3) is 0.474. The minimum atomic E-state index is -0.139. The Hall–Kier alpha value is -2.14. The normalized spacial score (nSPS) is 25.2. The average molecular weight is 326 g/mol. The van der Waals surface area contributed by atoms with Gasteiger partial charge in [-0.25, -0.2) is 0 Å². The van der Waals surface area contributed by atoms with Crippen molar-refractivity contribution in [2.24, 2.45) is 11.3 Å². The molecule has 1 aromatic carbocycles. The number of amides is 1. The van der Waals surface area contributed by atoms with Crippen molar-refractivity contribution >= 4 is 16.7 Å². The highest BCUT2D eigenvalue weighted by atomic mass is 16.5. The summed E-state index contributed by atoms with van der Waals surface area (Å²) in [6, 6.07) is 9.51. The van der Waals surface area contributed by atoms with E-state index >= 15 is 0 Å². The molecule has 0 unspecified atom stereocenters. The van der Waals surface area contributed by atoms with Crippen molar-refractivity contribution in [3.8, 4) is 0 Å². The molecule has 0 saturated carbocycles. The number of hydrogen-bond donors (Lipinski definition) is 1. The Bertz CT molecular complexity index is 855. The van der Waals surface area contributed by atoms with Gasteiger partial charge in [0.15, 0.2) is 0 Å². The third kappa shape index (κ3) is 2.44. The zero-order valence-corrected chi connectivity index (χ0v) is 14.0. The Morgan fingerprint density at radius 1 is 1.33 bits per heavy atom. The van der Waals surface area contributed by atoms with Crippen molar-refractivity contribution in [1.82, 2.24) is 9.88 Å². The quantitative estimate of drug-likeness (QED) is 0.917. The summed E-state index contributed by atoms with van der Waals surface area (Å²) in [6.45, 7) is 6.50. The summed E-state index contributed by atoms with van der Waals surface area (Å²) in [5.41, 5.74) is 0.608. The largest absolute Gasteiger partial charge is 0.379 e. The van der Waals surface area contributed by atoms with Gasteiger partial charge in [-0.15, -0.1) is 0 Å². The second kappa shape index (κ2) is 5.45. The molecule has 0 radical (unpaired) electrons. The monoisotopic (exact) mass is 326 g/mol. The van der Waals surface area contributed by atoms with E-state index in [4.69, 9.17) is 4.74 Å². The van der Waals surface area contributed by atoms with Gasteiger partial charge in [-0.2, -0.15) is 0 Å². The second-order valence-electron chi connectivity index (χ2n) is 7.61. The molecule has 0 spiro atoms. The molecule has 2 saturated heterocycles. The number of likely N-dealkylation sites (tertiary alicyclic amines) is 1. The number of nitrogens with one attached hydrogen (secondary N) is 1. The molecular formula is C19H22N2O3. The van der Waals surface area contributed by atoms with Gasteiger partial charge in [0.25, 0.3) is 5.56 Å². The van der Waals surface area contributed by atoms with Crippen LogP contribution in [0.5, 0.6) is 0 Å². The van der Waals surface area contributed by atoms with Gasteiger partial charge in [-0.1, -0.05) is 32.0 Å². The Morgan fingerprint density at radius 3 is 2.96 bits per heavy atom. The number of rotatable bonds is 2. The van der Waals surface area contributed by atoms with E-state index in [1.807, 2.05) is 29.2 Å². The Balaban J connectivity index is 1.60. The molecule has 1 N–H and O–H groups in total. The minimum Gasteiger partial charge on any atom is -0.379 e. The zero-order chi connectivity index (χ0) is 16.9. The number of hydrogen-bond acceptors (Lipinski definition) is 3. The Labute approximate surface area is 140 Å². The number of ether oxygens (including phenoxy) is 1. The summed E-state index contributed by atoms with van der Waals surface area (Å²) >= 11 is 0. The lowest BCUT2D eigenvalue weighted by atomic mass is 9.80. The van der Waals surface area contributed by atoms with E-state index in [0.717, 1.165) is 18.5 Å². The van der Waals surface area contributed by atoms with Crippen LogP contribution in [-0.4, -0.2) is 41.6 Å². The highest BCUT2D eigenvalue weighted by Gasteiger charge is 2.51. The minimum absolute atomic E-state index is 0.0620. The van der Waals surface area contributed by atoms with E-state index in [1.165, 1.54) is 0 Å². The lowest BCUT2D eigenvalue weighted by molar-refractivity contribution is -0.132. The first-order valence-corrected chi connectivity index (χ1v) is 8.44. The van der Waals surface area contributed by atoms with Crippen molar-refractivity contribution in [2.75, 3.05) is 19.8 Å². The number of carbonyl (C=O) groups excluding carboxylic acids is 1. The highest BCUT2D eigenvalue weighted by Crippen LogP contribution is 2.43. The van der Waals surface area contributed by atoms with Crippen molar-refractivity contribution < 1.29 is 9.53 Å². The highest BCUT2D eigenvalue weighted by molar-refractivity contribution is 5.84. The molecule has 2 aliphatic heterocycles. The smallest absolute Gasteiger partial charge is 0.256 e. The van der Waals surface area contributed by atoms with Crippen LogP contribution in [0.1, 0.15) is 19.5 Å². The molecule has 0 bridgehead atoms. The van der Waals surface area contributed by atoms with Crippen LogP contribution in [0.2, 0.25) is 0 Å². The number of benzene rings is 1. The predicted octanol–water partition coefficient (Wildman–Crippen LogP) is 1.95. The van der Waals surface area contributed by atoms with Gasteiger partial charge in [0.05, 0.1) is 25.7 Å². The first-order valence-electron chi connectivity index (χ1n) is 8.44. The van der Waals surface area contributed by atoms with Gasteiger partial charge in [-0.05, 0) is 22.9 Å². The molecule has 0 aliphatic carbocycles. The van der Waals surface area contributed by atoms with Crippen LogP contribution in [0.4, 0.5) is 0 Å². The van der Waals surface area contributed by atoms with E-state index in [2.05, 4.69) is 18.8 Å². The molecule has 3 heterocycles. The lowest BCUT2D eigenvalue weighted by Crippen LogP contribution is -2.39. The maximum atomic E-state index is 12.8. The lowest BCUT2D eigenvalue weighted by Gasteiger charge is -2.24. The molecule has 1 aromatic heterocycles. The molecule has 5 nitrogen and oxygen atoms in total. The summed E-state index contributed by atoms with van der Waals surface area (Å²) in [6.07, 6.45) is 0.222. The van der Waals surface area contributed by atoms with Crippen molar-refractivity contribution in [3.05, 3.63) is 46.4 Å². The van der Waals surface area contributed by atoms with Gasteiger partial charge in [-0.3, -0.25) is 9.59 Å². The van der Waals surface area contributed by atoms with Crippen LogP contribution in [-0.2, 0) is 16.0 Å². The summed E-state index contributed by atoms with van der Waals surface area (Å²) in [7, 11) is 0. The van der Waals surface area contributed by atoms with Crippen molar-refractivity contribution in [1.29, 1.82) is 0 Å². The maximum Gasteiger partial charge on any atom is 0.256 e. The third-order valence-electron chi connectivity index (χ3n) is 5.50. The van der Waals surface area contributed by atoms with Gasteiger partial charge >= 0.3 is 0 Å². The molecule has 126 valence electrons. The van der Waals surface area contributed by atoms with E-state index in [1.54, 1.807) is 6.07 Å². The van der Waals surface area contributed by atoms with Gasteiger partial charge in [0, 0.05) is 23.5 Å². The van der Waals surface area contributed by atoms with Crippen molar-refractivity contribution in [3.63, 3.8) is 0 Å². The zero-order valence-electron chi connectivity index (χ0n) is 14.0. The maximum absolute atomic E-state index is 12.8. The summed E-state index contributed by atoms with van der Waals surface area (Å²) in [5.74, 6) is 0.462.